The number of amides is 2. The second-order valence-corrected chi connectivity index (χ2v) is 8.10. The van der Waals surface area contributed by atoms with Gasteiger partial charge in [-0.05, 0) is 36.6 Å². The van der Waals surface area contributed by atoms with Gasteiger partial charge in [-0.1, -0.05) is 77.3 Å². The molecule has 2 N–H and O–H groups in total. The second-order valence-electron chi connectivity index (χ2n) is 5.73. The average Bonchev–Trinajstić information content (AvgIpc) is 2.55. The number of alkyl halides is 3. The number of nitrogens with one attached hydrogen (secondary N) is 2. The maximum absolute atomic E-state index is 13.8. The first kappa shape index (κ1) is 19.8. The molecule has 0 bridgehead atoms. The molecule has 0 saturated heterocycles. The molecular formula is C18H18Cl3FN2O. The van der Waals surface area contributed by atoms with E-state index in [0.29, 0.717) is 11.1 Å². The Hall–Kier alpha value is -1.49. The highest BCUT2D eigenvalue weighted by Crippen LogP contribution is 2.40. The SMILES string of the molecule is Cc1ccc([C@@H](NC(=O)N[C@@H](C)c2ccccc2)C(Cl)(Cl)Cl)cc1F. The lowest BCUT2D eigenvalue weighted by Gasteiger charge is -2.27. The van der Waals surface area contributed by atoms with Crippen LogP contribution in [0.2, 0.25) is 0 Å². The molecule has 0 aromatic heterocycles. The molecule has 134 valence electrons. The summed E-state index contributed by atoms with van der Waals surface area (Å²) >= 11 is 18.0. The molecule has 0 unspecified atom stereocenters. The Bertz CT molecular complexity index is 735. The summed E-state index contributed by atoms with van der Waals surface area (Å²) < 4.78 is 12.0. The summed E-state index contributed by atoms with van der Waals surface area (Å²) in [6, 6.07) is 12.1. The van der Waals surface area contributed by atoms with E-state index in [1.165, 1.54) is 6.07 Å². The Balaban J connectivity index is 2.14. The Morgan fingerprint density at radius 1 is 1.04 bits per heavy atom. The van der Waals surface area contributed by atoms with Crippen LogP contribution < -0.4 is 10.6 Å². The molecule has 0 spiro atoms. The van der Waals surface area contributed by atoms with Gasteiger partial charge in [0.1, 0.15) is 11.9 Å². The zero-order valence-corrected chi connectivity index (χ0v) is 16.0. The van der Waals surface area contributed by atoms with Crippen molar-refractivity contribution >= 4 is 40.8 Å². The molecule has 0 saturated carbocycles. The summed E-state index contributed by atoms with van der Waals surface area (Å²) in [5, 5.41) is 5.38. The molecule has 2 aromatic rings. The Morgan fingerprint density at radius 2 is 1.68 bits per heavy atom. The summed E-state index contributed by atoms with van der Waals surface area (Å²) in [6.45, 7) is 3.47. The number of benzene rings is 2. The number of carbonyl (C=O) groups is 1. The summed E-state index contributed by atoms with van der Waals surface area (Å²) in [5.74, 6) is -0.434. The Kier molecular flexibility index (Phi) is 6.55. The Morgan fingerprint density at radius 3 is 2.24 bits per heavy atom. The summed E-state index contributed by atoms with van der Waals surface area (Å²) in [4.78, 5) is 12.3. The van der Waals surface area contributed by atoms with Crippen LogP contribution in [0.3, 0.4) is 0 Å². The van der Waals surface area contributed by atoms with Crippen LogP contribution in [0.25, 0.3) is 0 Å². The van der Waals surface area contributed by atoms with E-state index >= 15 is 0 Å². The third-order valence-electron chi connectivity index (χ3n) is 3.78. The largest absolute Gasteiger partial charge is 0.332 e. The zero-order valence-electron chi connectivity index (χ0n) is 13.7. The molecule has 3 nitrogen and oxygen atoms in total. The minimum Gasteiger partial charge on any atom is -0.332 e. The molecular weight excluding hydrogens is 386 g/mol. The van der Waals surface area contributed by atoms with Crippen molar-refractivity contribution in [2.75, 3.05) is 0 Å². The van der Waals surface area contributed by atoms with Crippen molar-refractivity contribution in [3.63, 3.8) is 0 Å². The molecule has 2 amide bonds. The highest BCUT2D eigenvalue weighted by atomic mass is 35.6. The van der Waals surface area contributed by atoms with Crippen LogP contribution in [0.15, 0.2) is 48.5 Å². The molecule has 25 heavy (non-hydrogen) atoms. The second kappa shape index (κ2) is 8.26. The predicted molar refractivity (Wildman–Crippen MR) is 101 cm³/mol. The fourth-order valence-electron chi connectivity index (χ4n) is 2.34. The molecule has 0 aliphatic heterocycles. The van der Waals surface area contributed by atoms with Gasteiger partial charge in [-0.25, -0.2) is 9.18 Å². The lowest BCUT2D eigenvalue weighted by atomic mass is 10.1. The third kappa shape index (κ3) is 5.50. The molecule has 0 fully saturated rings. The average molecular weight is 404 g/mol. The smallest absolute Gasteiger partial charge is 0.315 e. The number of aryl methyl sites for hydroxylation is 1. The number of hydrogen-bond acceptors (Lipinski definition) is 1. The highest BCUT2D eigenvalue weighted by molar-refractivity contribution is 6.68. The number of urea groups is 1. The molecule has 7 heteroatoms. The van der Waals surface area contributed by atoms with Crippen molar-refractivity contribution in [3.05, 3.63) is 71.0 Å². The lowest BCUT2D eigenvalue weighted by molar-refractivity contribution is 0.234. The molecule has 0 heterocycles. The van der Waals surface area contributed by atoms with Gasteiger partial charge in [-0.15, -0.1) is 0 Å². The van der Waals surface area contributed by atoms with E-state index in [-0.39, 0.29) is 6.04 Å². The molecule has 0 aliphatic rings. The van der Waals surface area contributed by atoms with Gasteiger partial charge < -0.3 is 10.6 Å². The molecule has 2 atom stereocenters. The summed E-state index contributed by atoms with van der Waals surface area (Å²) in [7, 11) is 0. The fourth-order valence-corrected chi connectivity index (χ4v) is 2.88. The summed E-state index contributed by atoms with van der Waals surface area (Å²) in [5.41, 5.74) is 1.77. The molecule has 2 aromatic carbocycles. The lowest BCUT2D eigenvalue weighted by Crippen LogP contribution is -2.43. The number of rotatable bonds is 4. The van der Waals surface area contributed by atoms with Crippen molar-refractivity contribution in [1.82, 2.24) is 10.6 Å². The standard InChI is InChI=1S/C18H18Cl3FN2O/c1-11-8-9-14(10-15(11)22)16(18(19,20)21)24-17(25)23-12(2)13-6-4-3-5-7-13/h3-10,12,16H,1-2H3,(H2,23,24,25)/t12-,16+/m0/s1. The van der Waals surface area contributed by atoms with Gasteiger partial charge in [-0.3, -0.25) is 0 Å². The predicted octanol–water partition coefficient (Wildman–Crippen LogP) is 5.61. The maximum Gasteiger partial charge on any atom is 0.315 e. The summed E-state index contributed by atoms with van der Waals surface area (Å²) in [6.07, 6.45) is 0. The van der Waals surface area contributed by atoms with E-state index in [4.69, 9.17) is 34.8 Å². The first-order valence-corrected chi connectivity index (χ1v) is 8.76. The van der Waals surface area contributed by atoms with Gasteiger partial charge in [0.2, 0.25) is 3.79 Å². The normalized spacial score (nSPS) is 13.8. The van der Waals surface area contributed by atoms with Gasteiger partial charge >= 0.3 is 6.03 Å². The van der Waals surface area contributed by atoms with Crippen LogP contribution in [-0.4, -0.2) is 9.82 Å². The molecule has 0 aliphatic carbocycles. The third-order valence-corrected chi connectivity index (χ3v) is 4.43. The number of hydrogen-bond donors (Lipinski definition) is 2. The van der Waals surface area contributed by atoms with Crippen molar-refractivity contribution in [1.29, 1.82) is 0 Å². The Labute approximate surface area is 161 Å². The highest BCUT2D eigenvalue weighted by Gasteiger charge is 2.35. The van der Waals surface area contributed by atoms with Crippen LogP contribution >= 0.6 is 34.8 Å². The molecule has 2 rings (SSSR count). The van der Waals surface area contributed by atoms with Crippen molar-refractivity contribution in [2.24, 2.45) is 0 Å². The van der Waals surface area contributed by atoms with Crippen LogP contribution in [-0.2, 0) is 0 Å². The van der Waals surface area contributed by atoms with E-state index in [2.05, 4.69) is 10.6 Å². The number of halogens is 4. The van der Waals surface area contributed by atoms with Gasteiger partial charge in [-0.2, -0.15) is 0 Å². The topological polar surface area (TPSA) is 41.1 Å². The van der Waals surface area contributed by atoms with E-state index in [1.807, 2.05) is 37.3 Å². The van der Waals surface area contributed by atoms with E-state index in [0.717, 1.165) is 5.56 Å². The van der Waals surface area contributed by atoms with Crippen LogP contribution in [0.4, 0.5) is 9.18 Å². The van der Waals surface area contributed by atoms with Crippen LogP contribution in [0.1, 0.15) is 35.7 Å². The van der Waals surface area contributed by atoms with Crippen molar-refractivity contribution in [3.8, 4) is 0 Å². The number of carbonyl (C=O) groups excluding carboxylic acids is 1. The fraction of sp³-hybridized carbons (Fsp3) is 0.278. The molecule has 0 radical (unpaired) electrons. The van der Waals surface area contributed by atoms with E-state index in [9.17, 15) is 9.18 Å². The quantitative estimate of drug-likeness (QED) is 0.640. The minimum atomic E-state index is -1.84. The van der Waals surface area contributed by atoms with Gasteiger partial charge in [0.25, 0.3) is 0 Å². The van der Waals surface area contributed by atoms with Crippen LogP contribution in [0, 0.1) is 12.7 Å². The van der Waals surface area contributed by atoms with Crippen molar-refractivity contribution < 1.29 is 9.18 Å². The van der Waals surface area contributed by atoms with Crippen molar-refractivity contribution in [2.45, 2.75) is 29.7 Å². The van der Waals surface area contributed by atoms with Gasteiger partial charge in [0, 0.05) is 0 Å². The first-order chi connectivity index (χ1) is 11.7. The van der Waals surface area contributed by atoms with E-state index < -0.39 is 21.7 Å². The maximum atomic E-state index is 13.8. The monoisotopic (exact) mass is 402 g/mol. The van der Waals surface area contributed by atoms with Crippen LogP contribution in [0.5, 0.6) is 0 Å². The first-order valence-electron chi connectivity index (χ1n) is 7.63. The minimum absolute atomic E-state index is 0.244. The van der Waals surface area contributed by atoms with Gasteiger partial charge in [0.15, 0.2) is 0 Å². The van der Waals surface area contributed by atoms with Gasteiger partial charge in [0.05, 0.1) is 6.04 Å². The van der Waals surface area contributed by atoms with E-state index in [1.54, 1.807) is 19.1 Å². The zero-order chi connectivity index (χ0) is 18.6.